The molecule has 32 heavy (non-hydrogen) atoms. The summed E-state index contributed by atoms with van der Waals surface area (Å²) in [6.45, 7) is 0. The zero-order chi connectivity index (χ0) is 22.2. The van der Waals surface area contributed by atoms with Crippen LogP contribution in [0.5, 0.6) is 5.88 Å². The number of ether oxygens (including phenoxy) is 1. The first-order valence-corrected chi connectivity index (χ1v) is 10.2. The lowest BCUT2D eigenvalue weighted by Gasteiger charge is -2.25. The molecular formula is C25H21N5O2. The second-order valence-electron chi connectivity index (χ2n) is 7.70. The predicted molar refractivity (Wildman–Crippen MR) is 121 cm³/mol. The van der Waals surface area contributed by atoms with Crippen LogP contribution < -0.4 is 15.4 Å². The number of benzene rings is 2. The number of para-hydroxylation sites is 1. The number of rotatable bonds is 4. The first-order valence-electron chi connectivity index (χ1n) is 10.2. The van der Waals surface area contributed by atoms with Gasteiger partial charge in [-0.2, -0.15) is 15.0 Å². The van der Waals surface area contributed by atoms with E-state index in [9.17, 15) is 5.26 Å². The van der Waals surface area contributed by atoms with Crippen molar-refractivity contribution in [2.45, 2.75) is 5.92 Å². The number of allylic oxidation sites excluding steroid dienone is 1. The Morgan fingerprint density at radius 3 is 2.41 bits per heavy atom. The average molecular weight is 423 g/mol. The van der Waals surface area contributed by atoms with Gasteiger partial charge in [0, 0.05) is 19.8 Å². The molecule has 2 N–H and O–H groups in total. The number of hydrogen-bond donors (Lipinski definition) is 1. The third kappa shape index (κ3) is 3.10. The molecule has 0 spiro atoms. The summed E-state index contributed by atoms with van der Waals surface area (Å²) < 4.78 is 13.4. The lowest BCUT2D eigenvalue weighted by atomic mass is 9.83. The van der Waals surface area contributed by atoms with E-state index in [0.717, 1.165) is 22.5 Å². The van der Waals surface area contributed by atoms with Crippen molar-refractivity contribution in [3.63, 3.8) is 0 Å². The number of fused-ring (bicyclic) bond motifs is 1. The number of nitrogens with zero attached hydrogens (tertiary/aromatic N) is 4. The van der Waals surface area contributed by atoms with Gasteiger partial charge in [0.25, 0.3) is 0 Å². The molecule has 0 amide bonds. The van der Waals surface area contributed by atoms with Crippen LogP contribution in [-0.2, 0) is 0 Å². The zero-order valence-electron chi connectivity index (χ0n) is 17.7. The quantitative estimate of drug-likeness (QED) is 0.522. The fraction of sp³-hybridized carbons (Fsp3) is 0.120. The van der Waals surface area contributed by atoms with Crippen molar-refractivity contribution in [2.75, 3.05) is 19.0 Å². The lowest BCUT2D eigenvalue weighted by molar-refractivity contribution is 0.367. The Kier molecular flexibility index (Phi) is 4.68. The van der Waals surface area contributed by atoms with E-state index in [0.29, 0.717) is 22.9 Å². The van der Waals surface area contributed by atoms with Crippen molar-refractivity contribution in [1.82, 2.24) is 9.78 Å². The van der Waals surface area contributed by atoms with Gasteiger partial charge in [0.15, 0.2) is 5.76 Å². The summed E-state index contributed by atoms with van der Waals surface area (Å²) in [6.07, 6.45) is 1.60. The smallest absolute Gasteiger partial charge is 0.229 e. The van der Waals surface area contributed by atoms with Crippen LogP contribution in [0.15, 0.2) is 88.9 Å². The maximum atomic E-state index is 9.98. The number of nitriles is 1. The van der Waals surface area contributed by atoms with E-state index in [1.165, 1.54) is 0 Å². The van der Waals surface area contributed by atoms with Gasteiger partial charge in [0.05, 0.1) is 23.4 Å². The van der Waals surface area contributed by atoms with Crippen molar-refractivity contribution < 1.29 is 9.15 Å². The Balaban J connectivity index is 1.78. The van der Waals surface area contributed by atoms with Crippen molar-refractivity contribution in [3.8, 4) is 29.1 Å². The van der Waals surface area contributed by atoms with Crippen molar-refractivity contribution in [2.24, 2.45) is 5.73 Å². The highest BCUT2D eigenvalue weighted by Gasteiger charge is 2.38. The average Bonchev–Trinajstić information content (AvgIpc) is 3.47. The van der Waals surface area contributed by atoms with Crippen molar-refractivity contribution in [1.29, 1.82) is 5.26 Å². The van der Waals surface area contributed by atoms with Gasteiger partial charge in [0.2, 0.25) is 11.8 Å². The van der Waals surface area contributed by atoms with E-state index in [4.69, 9.17) is 20.0 Å². The number of nitrogens with two attached hydrogens (primary N) is 1. The van der Waals surface area contributed by atoms with E-state index in [1.54, 1.807) is 10.9 Å². The number of furan rings is 1. The second-order valence-corrected chi connectivity index (χ2v) is 7.70. The molecule has 0 aliphatic carbocycles. The van der Waals surface area contributed by atoms with Gasteiger partial charge < -0.3 is 19.8 Å². The van der Waals surface area contributed by atoms with E-state index >= 15 is 0 Å². The summed E-state index contributed by atoms with van der Waals surface area (Å²) in [6, 6.07) is 23.6. The van der Waals surface area contributed by atoms with Crippen LogP contribution in [0.4, 0.5) is 5.69 Å². The highest BCUT2D eigenvalue weighted by atomic mass is 16.5. The molecule has 1 aliphatic rings. The Labute approximate surface area is 185 Å². The van der Waals surface area contributed by atoms with Gasteiger partial charge in [-0.05, 0) is 42.0 Å². The van der Waals surface area contributed by atoms with Gasteiger partial charge in [-0.15, -0.1) is 0 Å². The molecule has 1 unspecified atom stereocenters. The number of hydrogen-bond acceptors (Lipinski definition) is 6. The molecule has 0 saturated heterocycles. The minimum Gasteiger partial charge on any atom is -0.463 e. The Bertz CT molecular complexity index is 1330. The normalized spacial score (nSPS) is 15.1. The molecule has 2 aromatic heterocycles. The molecular weight excluding hydrogens is 402 g/mol. The summed E-state index contributed by atoms with van der Waals surface area (Å²) in [5.41, 5.74) is 10.7. The molecule has 158 valence electrons. The molecule has 0 bridgehead atoms. The topological polar surface area (TPSA) is 93.2 Å². The van der Waals surface area contributed by atoms with E-state index in [-0.39, 0.29) is 5.88 Å². The summed E-state index contributed by atoms with van der Waals surface area (Å²) >= 11 is 0. The fourth-order valence-corrected chi connectivity index (χ4v) is 3.98. The Morgan fingerprint density at radius 2 is 1.78 bits per heavy atom. The monoisotopic (exact) mass is 423 g/mol. The Hall–Kier alpha value is -4.44. The first kappa shape index (κ1) is 19.5. The highest BCUT2D eigenvalue weighted by Crippen LogP contribution is 2.47. The van der Waals surface area contributed by atoms with Crippen LogP contribution in [0.25, 0.3) is 17.1 Å². The maximum absolute atomic E-state index is 9.98. The van der Waals surface area contributed by atoms with Gasteiger partial charge in [-0.3, -0.25) is 0 Å². The molecule has 4 aromatic rings. The van der Waals surface area contributed by atoms with Gasteiger partial charge in [-0.25, -0.2) is 0 Å². The van der Waals surface area contributed by atoms with E-state index in [2.05, 4.69) is 6.07 Å². The molecule has 1 aliphatic heterocycles. The van der Waals surface area contributed by atoms with Crippen LogP contribution >= 0.6 is 0 Å². The molecule has 7 nitrogen and oxygen atoms in total. The largest absolute Gasteiger partial charge is 0.463 e. The lowest BCUT2D eigenvalue weighted by Crippen LogP contribution is -2.22. The number of anilines is 1. The van der Waals surface area contributed by atoms with Gasteiger partial charge >= 0.3 is 0 Å². The summed E-state index contributed by atoms with van der Waals surface area (Å²) in [7, 11) is 3.97. The van der Waals surface area contributed by atoms with Crippen molar-refractivity contribution in [3.05, 3.63) is 95.6 Å². The Morgan fingerprint density at radius 1 is 1.03 bits per heavy atom. The summed E-state index contributed by atoms with van der Waals surface area (Å²) in [4.78, 5) is 2.02. The molecule has 3 heterocycles. The highest BCUT2D eigenvalue weighted by molar-refractivity contribution is 5.69. The van der Waals surface area contributed by atoms with Crippen LogP contribution in [0.2, 0.25) is 0 Å². The van der Waals surface area contributed by atoms with E-state index < -0.39 is 5.92 Å². The third-order valence-corrected chi connectivity index (χ3v) is 5.55. The van der Waals surface area contributed by atoms with Crippen LogP contribution in [0.1, 0.15) is 17.0 Å². The molecule has 0 radical (unpaired) electrons. The molecule has 5 rings (SSSR count). The molecule has 2 aromatic carbocycles. The fourth-order valence-electron chi connectivity index (χ4n) is 3.98. The van der Waals surface area contributed by atoms with Crippen LogP contribution in [-0.4, -0.2) is 23.9 Å². The summed E-state index contributed by atoms with van der Waals surface area (Å²) in [5, 5.41) is 14.8. The minimum absolute atomic E-state index is 0.0739. The number of aromatic nitrogens is 2. The first-order chi connectivity index (χ1) is 15.6. The molecule has 0 saturated carbocycles. The molecule has 0 fully saturated rings. The van der Waals surface area contributed by atoms with Crippen molar-refractivity contribution >= 4 is 5.69 Å². The van der Waals surface area contributed by atoms with Gasteiger partial charge in [-0.1, -0.05) is 30.3 Å². The minimum atomic E-state index is -0.447. The standard InChI is InChI=1S/C25H21N5O2/c1-29(2)17-12-10-16(11-13-17)21-19(15-26)24(27)32-25-22(21)23(20-9-6-14-31-20)28-30(25)18-7-4-3-5-8-18/h3-14,21H,27H2,1-2H3. The third-order valence-electron chi connectivity index (χ3n) is 5.55. The van der Waals surface area contributed by atoms with Crippen LogP contribution in [0.3, 0.4) is 0 Å². The van der Waals surface area contributed by atoms with Gasteiger partial charge in [0.1, 0.15) is 17.3 Å². The maximum Gasteiger partial charge on any atom is 0.229 e. The second kappa shape index (κ2) is 7.67. The molecule has 7 heteroatoms. The van der Waals surface area contributed by atoms with Crippen LogP contribution in [0, 0.1) is 11.3 Å². The summed E-state index contributed by atoms with van der Waals surface area (Å²) in [5.74, 6) is 0.690. The zero-order valence-corrected chi connectivity index (χ0v) is 17.7. The van der Waals surface area contributed by atoms with E-state index in [1.807, 2.05) is 85.7 Å². The predicted octanol–water partition coefficient (Wildman–Crippen LogP) is 4.42. The SMILES string of the molecule is CN(C)c1ccc(C2C(C#N)=C(N)Oc3c2c(-c2ccco2)nn3-c2ccccc2)cc1. The molecule has 1 atom stereocenters.